The second-order valence-electron chi connectivity index (χ2n) is 4.78. The molecule has 7 heteroatoms. The van der Waals surface area contributed by atoms with Gasteiger partial charge >= 0.3 is 0 Å². The zero-order valence-electron chi connectivity index (χ0n) is 11.0. The molecule has 0 unspecified atom stereocenters. The first-order valence-electron chi connectivity index (χ1n) is 6.77. The number of anilines is 1. The van der Waals surface area contributed by atoms with Gasteiger partial charge in [0, 0.05) is 6.54 Å². The Hall–Kier alpha value is -1.63. The maximum absolute atomic E-state index is 11.6. The quantitative estimate of drug-likeness (QED) is 0.724. The molecule has 1 fully saturated rings. The van der Waals surface area contributed by atoms with Gasteiger partial charge in [0.15, 0.2) is 0 Å². The van der Waals surface area contributed by atoms with E-state index in [0.29, 0.717) is 19.3 Å². The minimum Gasteiger partial charge on any atom is -0.376 e. The number of nitrogens with zero attached hydrogens (tertiary/aromatic N) is 3. The van der Waals surface area contributed by atoms with Crippen LogP contribution < -0.4 is 11.1 Å². The van der Waals surface area contributed by atoms with Crippen molar-refractivity contribution in [3.8, 4) is 0 Å². The SMILES string of the molecule is Nc1ncn(CC(=O)NCCOC2CCCCC2)n1. The van der Waals surface area contributed by atoms with E-state index >= 15 is 0 Å². The van der Waals surface area contributed by atoms with Crippen LogP contribution in [0.4, 0.5) is 5.95 Å². The minimum atomic E-state index is -0.114. The molecule has 19 heavy (non-hydrogen) atoms. The summed E-state index contributed by atoms with van der Waals surface area (Å²) in [6.45, 7) is 1.23. The third-order valence-corrected chi connectivity index (χ3v) is 3.19. The molecule has 1 heterocycles. The van der Waals surface area contributed by atoms with Crippen molar-refractivity contribution in [2.24, 2.45) is 0 Å². The number of nitrogens with two attached hydrogens (primary N) is 1. The van der Waals surface area contributed by atoms with Crippen LogP contribution in [0.1, 0.15) is 32.1 Å². The summed E-state index contributed by atoms with van der Waals surface area (Å²) in [5.41, 5.74) is 5.36. The topological polar surface area (TPSA) is 95.1 Å². The maximum atomic E-state index is 11.6. The molecule has 0 atom stereocenters. The Labute approximate surface area is 112 Å². The van der Waals surface area contributed by atoms with Crippen molar-refractivity contribution in [1.29, 1.82) is 0 Å². The van der Waals surface area contributed by atoms with Crippen LogP contribution in [0.3, 0.4) is 0 Å². The Kier molecular flexibility index (Phi) is 5.14. The lowest BCUT2D eigenvalue weighted by molar-refractivity contribution is -0.122. The highest BCUT2D eigenvalue weighted by Gasteiger charge is 2.13. The summed E-state index contributed by atoms with van der Waals surface area (Å²) in [6, 6.07) is 0. The Morgan fingerprint density at radius 2 is 2.26 bits per heavy atom. The van der Waals surface area contributed by atoms with Gasteiger partial charge in [0.05, 0.1) is 12.7 Å². The van der Waals surface area contributed by atoms with Gasteiger partial charge in [-0.15, -0.1) is 5.10 Å². The molecular formula is C12H21N5O2. The van der Waals surface area contributed by atoms with Gasteiger partial charge < -0.3 is 15.8 Å². The lowest BCUT2D eigenvalue weighted by Crippen LogP contribution is -2.32. The molecule has 106 valence electrons. The third kappa shape index (κ3) is 4.86. The second kappa shape index (κ2) is 7.08. The Balaban J connectivity index is 1.56. The highest BCUT2D eigenvalue weighted by atomic mass is 16.5. The number of hydrogen-bond donors (Lipinski definition) is 2. The fraction of sp³-hybridized carbons (Fsp3) is 0.750. The molecule has 1 amide bonds. The first kappa shape index (κ1) is 13.8. The molecule has 1 aliphatic carbocycles. The number of amides is 1. The normalized spacial score (nSPS) is 16.4. The van der Waals surface area contributed by atoms with Crippen molar-refractivity contribution in [3.63, 3.8) is 0 Å². The fourth-order valence-electron chi connectivity index (χ4n) is 2.24. The van der Waals surface area contributed by atoms with Gasteiger partial charge in [-0.3, -0.25) is 4.79 Å². The van der Waals surface area contributed by atoms with Gasteiger partial charge in [-0.1, -0.05) is 19.3 Å². The average Bonchev–Trinajstić information content (AvgIpc) is 2.81. The van der Waals surface area contributed by atoms with Crippen molar-refractivity contribution in [3.05, 3.63) is 6.33 Å². The van der Waals surface area contributed by atoms with E-state index in [0.717, 1.165) is 12.8 Å². The molecule has 0 aromatic carbocycles. The molecule has 0 saturated heterocycles. The van der Waals surface area contributed by atoms with E-state index in [1.165, 1.54) is 30.3 Å². The van der Waals surface area contributed by atoms with E-state index in [4.69, 9.17) is 10.5 Å². The van der Waals surface area contributed by atoms with E-state index in [1.54, 1.807) is 0 Å². The zero-order valence-corrected chi connectivity index (χ0v) is 11.0. The van der Waals surface area contributed by atoms with Crippen molar-refractivity contribution < 1.29 is 9.53 Å². The molecule has 1 aromatic heterocycles. The summed E-state index contributed by atoms with van der Waals surface area (Å²) in [4.78, 5) is 15.3. The highest BCUT2D eigenvalue weighted by Crippen LogP contribution is 2.19. The lowest BCUT2D eigenvalue weighted by atomic mass is 9.98. The number of carbonyl (C=O) groups is 1. The Bertz CT molecular complexity index is 401. The predicted molar refractivity (Wildman–Crippen MR) is 70.3 cm³/mol. The van der Waals surface area contributed by atoms with E-state index in [9.17, 15) is 4.79 Å². The van der Waals surface area contributed by atoms with Gasteiger partial charge in [-0.25, -0.2) is 9.67 Å². The second-order valence-corrected chi connectivity index (χ2v) is 4.78. The van der Waals surface area contributed by atoms with Crippen molar-refractivity contribution in [2.45, 2.75) is 44.8 Å². The number of rotatable bonds is 6. The van der Waals surface area contributed by atoms with Crippen LogP contribution in [0.5, 0.6) is 0 Å². The number of carbonyl (C=O) groups excluding carboxylic acids is 1. The van der Waals surface area contributed by atoms with Crippen molar-refractivity contribution in [1.82, 2.24) is 20.1 Å². The van der Waals surface area contributed by atoms with Crippen LogP contribution in [0.25, 0.3) is 0 Å². The van der Waals surface area contributed by atoms with Crippen LogP contribution in [0.15, 0.2) is 6.33 Å². The molecule has 3 N–H and O–H groups in total. The molecule has 1 saturated carbocycles. The fourth-order valence-corrected chi connectivity index (χ4v) is 2.24. The van der Waals surface area contributed by atoms with Crippen LogP contribution in [-0.4, -0.2) is 39.9 Å². The van der Waals surface area contributed by atoms with Crippen molar-refractivity contribution >= 4 is 11.9 Å². The number of hydrogen-bond acceptors (Lipinski definition) is 5. The number of nitrogens with one attached hydrogen (secondary N) is 1. The van der Waals surface area contributed by atoms with Gasteiger partial charge in [0.2, 0.25) is 11.9 Å². The summed E-state index contributed by atoms with van der Waals surface area (Å²) < 4.78 is 7.13. The molecule has 1 aliphatic rings. The molecule has 0 spiro atoms. The van der Waals surface area contributed by atoms with Crippen LogP contribution >= 0.6 is 0 Å². The van der Waals surface area contributed by atoms with E-state index in [2.05, 4.69) is 15.4 Å². The molecule has 7 nitrogen and oxygen atoms in total. The molecule has 0 bridgehead atoms. The maximum Gasteiger partial charge on any atom is 0.241 e. The van der Waals surface area contributed by atoms with Crippen LogP contribution in [0, 0.1) is 0 Å². The van der Waals surface area contributed by atoms with Gasteiger partial charge in [-0.2, -0.15) is 0 Å². The lowest BCUT2D eigenvalue weighted by Gasteiger charge is -2.21. The first-order valence-corrected chi connectivity index (χ1v) is 6.77. The van der Waals surface area contributed by atoms with Crippen LogP contribution in [-0.2, 0) is 16.1 Å². The smallest absolute Gasteiger partial charge is 0.241 e. The zero-order chi connectivity index (χ0) is 13.5. The molecule has 0 radical (unpaired) electrons. The van der Waals surface area contributed by atoms with Crippen molar-refractivity contribution in [2.75, 3.05) is 18.9 Å². The van der Waals surface area contributed by atoms with Gasteiger partial charge in [0.25, 0.3) is 0 Å². The highest BCUT2D eigenvalue weighted by molar-refractivity contribution is 5.75. The number of nitrogen functional groups attached to an aromatic ring is 1. The average molecular weight is 267 g/mol. The molecule has 0 aliphatic heterocycles. The Morgan fingerprint density at radius 1 is 1.47 bits per heavy atom. The Morgan fingerprint density at radius 3 is 2.95 bits per heavy atom. The molecular weight excluding hydrogens is 246 g/mol. The van der Waals surface area contributed by atoms with Crippen LogP contribution in [0.2, 0.25) is 0 Å². The van der Waals surface area contributed by atoms with Gasteiger partial charge in [0.1, 0.15) is 12.9 Å². The number of ether oxygens (including phenoxy) is 1. The minimum absolute atomic E-state index is 0.114. The summed E-state index contributed by atoms with van der Waals surface area (Å²) in [5.74, 6) is 0.0607. The van der Waals surface area contributed by atoms with E-state index in [-0.39, 0.29) is 18.4 Å². The third-order valence-electron chi connectivity index (χ3n) is 3.19. The molecule has 2 rings (SSSR count). The van der Waals surface area contributed by atoms with E-state index < -0.39 is 0 Å². The summed E-state index contributed by atoms with van der Waals surface area (Å²) >= 11 is 0. The standard InChI is InChI=1S/C12H21N5O2/c13-12-15-9-17(16-12)8-11(18)14-6-7-19-10-4-2-1-3-5-10/h9-10H,1-8H2,(H2,13,16)(H,14,18). The summed E-state index contributed by atoms with van der Waals surface area (Å²) in [5, 5.41) is 6.63. The summed E-state index contributed by atoms with van der Waals surface area (Å²) in [7, 11) is 0. The number of aromatic nitrogens is 3. The molecule has 1 aromatic rings. The van der Waals surface area contributed by atoms with E-state index in [1.807, 2.05) is 0 Å². The predicted octanol–water partition coefficient (Wildman–Crippen LogP) is 0.326. The first-order chi connectivity index (χ1) is 9.24. The largest absolute Gasteiger partial charge is 0.376 e. The summed E-state index contributed by atoms with van der Waals surface area (Å²) in [6.07, 6.45) is 7.93. The monoisotopic (exact) mass is 267 g/mol. The van der Waals surface area contributed by atoms with Gasteiger partial charge in [-0.05, 0) is 12.8 Å².